The number of hydrogen-bond donors (Lipinski definition) is 1. The molecule has 0 aliphatic heterocycles. The van der Waals surface area contributed by atoms with Crippen molar-refractivity contribution >= 4 is 11.6 Å². The second kappa shape index (κ2) is 6.11. The molecule has 0 fully saturated rings. The maximum absolute atomic E-state index is 12.3. The van der Waals surface area contributed by atoms with Gasteiger partial charge < -0.3 is 9.72 Å². The molecule has 1 atom stereocenters. The van der Waals surface area contributed by atoms with Gasteiger partial charge in [-0.2, -0.15) is 0 Å². The summed E-state index contributed by atoms with van der Waals surface area (Å²) in [4.78, 5) is 16.8. The molecule has 4 nitrogen and oxygen atoms in total. The minimum atomic E-state index is 0.102. The number of nitrogens with one attached hydrogen (secondary N) is 1. The number of imidazole rings is 1. The Kier molecular flexibility index (Phi) is 3.81. The average molecular weight is 319 g/mol. The molecule has 0 bridgehead atoms. The Bertz CT molecular complexity index is 897. The van der Waals surface area contributed by atoms with E-state index >= 15 is 0 Å². The molecule has 0 saturated heterocycles. The van der Waals surface area contributed by atoms with Crippen LogP contribution in [0.15, 0.2) is 48.8 Å². The molecule has 3 aromatic rings. The Labute approximate surface area is 141 Å². The second-order valence-electron chi connectivity index (χ2n) is 6.62. The highest BCUT2D eigenvalue weighted by molar-refractivity contribution is 5.77. The van der Waals surface area contributed by atoms with Crippen LogP contribution in [0.5, 0.6) is 0 Å². The van der Waals surface area contributed by atoms with Crippen LogP contribution >= 0.6 is 0 Å². The molecule has 4 rings (SSSR count). The summed E-state index contributed by atoms with van der Waals surface area (Å²) in [5.74, 6) is 0.454. The molecule has 0 radical (unpaired) electrons. The molecule has 1 aromatic carbocycles. The fourth-order valence-corrected chi connectivity index (χ4v) is 3.58. The van der Waals surface area contributed by atoms with Gasteiger partial charge in [0.05, 0.1) is 12.2 Å². The van der Waals surface area contributed by atoms with Crippen molar-refractivity contribution in [2.45, 2.75) is 38.6 Å². The lowest BCUT2D eigenvalue weighted by atomic mass is 9.97. The first kappa shape index (κ1) is 14.9. The number of amides is 1. The maximum Gasteiger partial charge on any atom is 0.220 e. The number of rotatable bonds is 4. The van der Waals surface area contributed by atoms with Crippen LogP contribution in [0, 0.1) is 6.92 Å². The van der Waals surface area contributed by atoms with Crippen molar-refractivity contribution in [2.75, 3.05) is 0 Å². The highest BCUT2D eigenvalue weighted by Crippen LogP contribution is 2.35. The third-order valence-electron chi connectivity index (χ3n) is 4.80. The smallest absolute Gasteiger partial charge is 0.220 e. The predicted octanol–water partition coefficient (Wildman–Crippen LogP) is 3.38. The van der Waals surface area contributed by atoms with Crippen LogP contribution in [-0.4, -0.2) is 15.3 Å². The van der Waals surface area contributed by atoms with Crippen molar-refractivity contribution in [1.29, 1.82) is 0 Å². The van der Waals surface area contributed by atoms with E-state index in [4.69, 9.17) is 0 Å². The molecule has 0 unspecified atom stereocenters. The molecular weight excluding hydrogens is 298 g/mol. The van der Waals surface area contributed by atoms with Gasteiger partial charge in [0.1, 0.15) is 5.65 Å². The molecule has 2 heterocycles. The lowest BCUT2D eigenvalue weighted by Crippen LogP contribution is -2.24. The van der Waals surface area contributed by atoms with Crippen LogP contribution in [0.1, 0.15) is 41.1 Å². The number of aryl methyl sites for hydroxylation is 2. The normalized spacial score (nSPS) is 16.3. The van der Waals surface area contributed by atoms with Gasteiger partial charge in [-0.3, -0.25) is 4.79 Å². The minimum Gasteiger partial charge on any atom is -0.350 e. The third-order valence-corrected chi connectivity index (χ3v) is 4.80. The van der Waals surface area contributed by atoms with E-state index in [1.54, 1.807) is 0 Å². The quantitative estimate of drug-likeness (QED) is 0.801. The van der Waals surface area contributed by atoms with Gasteiger partial charge in [0.2, 0.25) is 5.91 Å². The summed E-state index contributed by atoms with van der Waals surface area (Å²) in [5.41, 5.74) is 5.73. The SMILES string of the molecule is Cc1ccc2nc(CNC(=O)C[C@H]3CCc4ccccc43)cn2c1. The van der Waals surface area contributed by atoms with E-state index in [0.717, 1.165) is 24.2 Å². The zero-order valence-corrected chi connectivity index (χ0v) is 13.8. The Balaban J connectivity index is 1.38. The summed E-state index contributed by atoms with van der Waals surface area (Å²) in [6, 6.07) is 12.5. The zero-order chi connectivity index (χ0) is 16.5. The third kappa shape index (κ3) is 2.92. The predicted molar refractivity (Wildman–Crippen MR) is 93.9 cm³/mol. The maximum atomic E-state index is 12.3. The number of pyridine rings is 1. The van der Waals surface area contributed by atoms with Crippen LogP contribution in [0.25, 0.3) is 5.65 Å². The average Bonchev–Trinajstić information content (AvgIpc) is 3.17. The van der Waals surface area contributed by atoms with Gasteiger partial charge in [-0.05, 0) is 48.4 Å². The Morgan fingerprint density at radius 1 is 1.25 bits per heavy atom. The highest BCUT2D eigenvalue weighted by atomic mass is 16.1. The van der Waals surface area contributed by atoms with Crippen molar-refractivity contribution in [3.05, 3.63) is 71.2 Å². The standard InChI is InChI=1S/C20H21N3O/c1-14-6-9-19-22-17(13-23(19)12-14)11-21-20(24)10-16-8-7-15-4-2-3-5-18(15)16/h2-6,9,12-13,16H,7-8,10-11H2,1H3,(H,21,24)/t16-/m1/s1. The van der Waals surface area contributed by atoms with E-state index in [-0.39, 0.29) is 5.91 Å². The minimum absolute atomic E-state index is 0.102. The monoisotopic (exact) mass is 319 g/mol. The molecule has 2 aromatic heterocycles. The number of carbonyl (C=O) groups excluding carboxylic acids is 1. The molecule has 0 spiro atoms. The number of benzene rings is 1. The molecular formula is C20H21N3O. The first-order valence-corrected chi connectivity index (χ1v) is 8.48. The van der Waals surface area contributed by atoms with Gasteiger partial charge in [0, 0.05) is 18.8 Å². The number of carbonyl (C=O) groups is 1. The van der Waals surface area contributed by atoms with Crippen LogP contribution in [0.4, 0.5) is 0 Å². The molecule has 24 heavy (non-hydrogen) atoms. The topological polar surface area (TPSA) is 46.4 Å². The largest absolute Gasteiger partial charge is 0.350 e. The lowest BCUT2D eigenvalue weighted by Gasteiger charge is -2.11. The molecule has 1 aliphatic rings. The summed E-state index contributed by atoms with van der Waals surface area (Å²) in [7, 11) is 0. The summed E-state index contributed by atoms with van der Waals surface area (Å²) in [6.45, 7) is 2.54. The van der Waals surface area contributed by atoms with Crippen LogP contribution in [0.2, 0.25) is 0 Å². The first-order chi connectivity index (χ1) is 11.7. The van der Waals surface area contributed by atoms with Gasteiger partial charge in [0.25, 0.3) is 0 Å². The van der Waals surface area contributed by atoms with E-state index < -0.39 is 0 Å². The zero-order valence-electron chi connectivity index (χ0n) is 13.8. The molecule has 1 aliphatic carbocycles. The first-order valence-electron chi connectivity index (χ1n) is 8.48. The Morgan fingerprint density at radius 2 is 2.12 bits per heavy atom. The van der Waals surface area contributed by atoms with Crippen LogP contribution < -0.4 is 5.32 Å². The lowest BCUT2D eigenvalue weighted by molar-refractivity contribution is -0.121. The summed E-state index contributed by atoms with van der Waals surface area (Å²) < 4.78 is 2.00. The number of aromatic nitrogens is 2. The van der Waals surface area contributed by atoms with Gasteiger partial charge in [0.15, 0.2) is 0 Å². The molecule has 122 valence electrons. The van der Waals surface area contributed by atoms with Crippen molar-refractivity contribution in [2.24, 2.45) is 0 Å². The van der Waals surface area contributed by atoms with E-state index in [2.05, 4.69) is 41.5 Å². The Hall–Kier alpha value is -2.62. The fourth-order valence-electron chi connectivity index (χ4n) is 3.58. The van der Waals surface area contributed by atoms with Crippen molar-refractivity contribution in [1.82, 2.24) is 14.7 Å². The van der Waals surface area contributed by atoms with Gasteiger partial charge >= 0.3 is 0 Å². The van der Waals surface area contributed by atoms with Crippen molar-refractivity contribution in [3.63, 3.8) is 0 Å². The molecule has 1 N–H and O–H groups in total. The van der Waals surface area contributed by atoms with Crippen molar-refractivity contribution in [3.8, 4) is 0 Å². The van der Waals surface area contributed by atoms with E-state index in [9.17, 15) is 4.79 Å². The van der Waals surface area contributed by atoms with Gasteiger partial charge in [-0.15, -0.1) is 0 Å². The Morgan fingerprint density at radius 3 is 3.04 bits per heavy atom. The number of nitrogens with zero attached hydrogens (tertiary/aromatic N) is 2. The van der Waals surface area contributed by atoms with Gasteiger partial charge in [-0.25, -0.2) is 4.98 Å². The van der Waals surface area contributed by atoms with E-state index in [0.29, 0.717) is 18.9 Å². The summed E-state index contributed by atoms with van der Waals surface area (Å²) in [6.07, 6.45) is 6.74. The van der Waals surface area contributed by atoms with Crippen LogP contribution in [0.3, 0.4) is 0 Å². The molecule has 0 saturated carbocycles. The second-order valence-corrected chi connectivity index (χ2v) is 6.62. The highest BCUT2D eigenvalue weighted by Gasteiger charge is 2.24. The van der Waals surface area contributed by atoms with E-state index in [1.807, 2.05) is 28.9 Å². The van der Waals surface area contributed by atoms with Gasteiger partial charge in [-0.1, -0.05) is 30.3 Å². The van der Waals surface area contributed by atoms with Crippen molar-refractivity contribution < 1.29 is 4.79 Å². The molecule has 1 amide bonds. The summed E-state index contributed by atoms with van der Waals surface area (Å²) >= 11 is 0. The molecule has 4 heteroatoms. The van der Waals surface area contributed by atoms with Crippen LogP contribution in [-0.2, 0) is 17.8 Å². The van der Waals surface area contributed by atoms with E-state index in [1.165, 1.54) is 16.7 Å². The summed E-state index contributed by atoms with van der Waals surface area (Å²) in [5, 5.41) is 3.02. The number of fused-ring (bicyclic) bond motifs is 2. The number of hydrogen-bond acceptors (Lipinski definition) is 2. The fraction of sp³-hybridized carbons (Fsp3) is 0.300.